The van der Waals surface area contributed by atoms with Crippen molar-refractivity contribution < 1.29 is 62.5 Å². The first-order chi connectivity index (χ1) is 45.4. The van der Waals surface area contributed by atoms with Gasteiger partial charge in [0.25, 0.3) is 0 Å². The summed E-state index contributed by atoms with van der Waals surface area (Å²) in [6, 6.07) is 8.85. The maximum atomic E-state index is 14.8. The summed E-state index contributed by atoms with van der Waals surface area (Å²) in [5.74, 6) is -4.91. The van der Waals surface area contributed by atoms with Crippen LogP contribution in [0.4, 0.5) is 21.2 Å². The summed E-state index contributed by atoms with van der Waals surface area (Å²) < 4.78 is 17.8. The number of amides is 10. The third-order valence-electron chi connectivity index (χ3n) is 17.5. The Labute approximate surface area is 575 Å². The number of primary amides is 1. The number of carbonyl (C=O) groups excluding carboxylic acids is 9. The largest absolute Gasteiger partial charge is 0.445 e. The number of aliphatic hydroxyl groups is 1. The highest BCUT2D eigenvalue weighted by atomic mass is 35.5. The van der Waals surface area contributed by atoms with Gasteiger partial charge in [0.05, 0.1) is 48.8 Å². The van der Waals surface area contributed by atoms with Crippen molar-refractivity contribution in [1.82, 2.24) is 56.2 Å². The second kappa shape index (κ2) is 40.3. The summed E-state index contributed by atoms with van der Waals surface area (Å²) in [6.07, 6.45) is 0.976. The number of aliphatic hydroxyl groups excluding tert-OH is 1. The monoisotopic (exact) mass is 1380 g/mol. The second-order valence-corrected chi connectivity index (χ2v) is 26.4. The molecule has 3 aromatic rings. The zero-order valence-corrected chi connectivity index (χ0v) is 59.6. The molecule has 0 aliphatic carbocycles. The van der Waals surface area contributed by atoms with Crippen molar-refractivity contribution in [3.05, 3.63) is 76.3 Å². The Balaban J connectivity index is 1.37. The number of likely N-dealkylation sites (N-methyl/N-ethyl adjacent to an activating group) is 2. The fourth-order valence-corrected chi connectivity index (χ4v) is 12.2. The summed E-state index contributed by atoms with van der Waals surface area (Å²) in [5.41, 5.74) is 6.80. The van der Waals surface area contributed by atoms with Crippen LogP contribution in [-0.4, -0.2) is 191 Å². The Morgan fingerprint density at radius 2 is 1.36 bits per heavy atom. The Bertz CT molecular complexity index is 2990. The van der Waals surface area contributed by atoms with Gasteiger partial charge in [-0.1, -0.05) is 118 Å². The van der Waals surface area contributed by atoms with Gasteiger partial charge in [0.1, 0.15) is 30.8 Å². The van der Waals surface area contributed by atoms with Gasteiger partial charge in [0, 0.05) is 60.1 Å². The lowest BCUT2D eigenvalue weighted by Crippen LogP contribution is -2.60. The molecule has 2 aromatic carbocycles. The first-order valence-electron chi connectivity index (χ1n) is 33.1. The Hall–Kier alpha value is -7.46. The molecule has 534 valence electrons. The van der Waals surface area contributed by atoms with Gasteiger partial charge in [0.2, 0.25) is 57.9 Å². The predicted molar refractivity (Wildman–Crippen MR) is 366 cm³/mol. The maximum absolute atomic E-state index is 14.8. The molecule has 1 aliphatic heterocycles. The van der Waals surface area contributed by atoms with E-state index in [1.165, 1.54) is 26.2 Å². The Kier molecular flexibility index (Phi) is 34.0. The number of nitrogens with one attached hydrogen (secondary N) is 7. The number of carbonyl (C=O) groups is 9. The van der Waals surface area contributed by atoms with Crippen molar-refractivity contribution in [2.24, 2.45) is 35.3 Å². The van der Waals surface area contributed by atoms with Crippen LogP contribution in [0.3, 0.4) is 0 Å². The first kappa shape index (κ1) is 81.0. The van der Waals surface area contributed by atoms with Gasteiger partial charge in [-0.3, -0.25) is 38.5 Å². The van der Waals surface area contributed by atoms with E-state index >= 15 is 0 Å². The molecule has 0 radical (unpaired) electrons. The summed E-state index contributed by atoms with van der Waals surface area (Å²) >= 11 is 11.7. The molecule has 12 atom stereocenters. The molecule has 1 fully saturated rings. The van der Waals surface area contributed by atoms with Gasteiger partial charge in [-0.05, 0) is 116 Å². The van der Waals surface area contributed by atoms with E-state index in [-0.39, 0.29) is 84.9 Å². The molecule has 0 bridgehead atoms. The number of hydrogen-bond acceptors (Lipinski definition) is 17. The van der Waals surface area contributed by atoms with Crippen molar-refractivity contribution in [2.75, 3.05) is 58.6 Å². The lowest BCUT2D eigenvalue weighted by atomic mass is 9.89. The van der Waals surface area contributed by atoms with E-state index in [1.54, 1.807) is 109 Å². The minimum Gasteiger partial charge on any atom is -0.445 e. The molecule has 0 spiro atoms. The van der Waals surface area contributed by atoms with Crippen molar-refractivity contribution in [3.8, 4) is 0 Å². The van der Waals surface area contributed by atoms with Gasteiger partial charge >= 0.3 is 12.1 Å². The topological polar surface area (TPSA) is 360 Å². The molecule has 4 rings (SSSR count). The highest BCUT2D eigenvalue weighted by molar-refractivity contribution is 6.31. The average Bonchev–Trinajstić information content (AvgIpc) is 1.61. The molecule has 1 saturated heterocycles. The molecule has 10 amide bonds. The van der Waals surface area contributed by atoms with Crippen LogP contribution in [0.25, 0.3) is 0 Å². The number of nitrogens with zero attached hydrogens (tertiary/aromatic N) is 6. The number of halogens is 2. The molecule has 27 nitrogen and oxygen atoms in total. The number of benzene rings is 2. The van der Waals surface area contributed by atoms with Gasteiger partial charge < -0.3 is 72.1 Å². The number of hydrogen-bond donors (Lipinski definition) is 9. The molecule has 1 aliphatic rings. The van der Waals surface area contributed by atoms with E-state index in [4.69, 9.17) is 43.1 Å². The average molecular weight is 1380 g/mol. The number of unbranched alkanes of at least 4 members (excludes halogenated alkanes) is 2. The molecule has 10 N–H and O–H groups in total. The van der Waals surface area contributed by atoms with Gasteiger partial charge in [-0.25, -0.2) is 9.59 Å². The number of aromatic nitrogens is 3. The fraction of sp³-hybridized carbons (Fsp3) is 0.642. The van der Waals surface area contributed by atoms with Gasteiger partial charge in [0.15, 0.2) is 0 Å². The van der Waals surface area contributed by atoms with Crippen LogP contribution in [0, 0.1) is 29.6 Å². The van der Waals surface area contributed by atoms with Crippen LogP contribution in [0.2, 0.25) is 10.6 Å². The number of urea groups is 1. The number of rotatable bonds is 39. The summed E-state index contributed by atoms with van der Waals surface area (Å²) in [7, 11) is 6.09. The summed E-state index contributed by atoms with van der Waals surface area (Å²) in [6.45, 7) is 18.9. The standard InChI is InChI=1S/C67H104Cl2N14O13/c1-15-41(8)55(49(94-13)36-51(85)83-35-23-27-48(83)57(95-14)42(9)58(87)73-43(10)56(86)45-24-18-16-19-25-45)81(11)62(91)53(39(4)5)77-61(90)54(40(6)7)82(12)67(93)96-37-44-29-31-46(32-30-44)74-59(88)47(26-22-34-71-65(70)92)75-60(89)52(38(2)3)76-50(84)28-20-17-21-33-72-66-79-63(68)78-64(69)80-66/h16,18-19,24-25,29-32,38-43,47-49,52-57,86H,15,17,20-23,26-28,33-37H2,1-14H3,(H,73,87)(H,74,88)(H,75,89)(H,76,84)(H,77,90)(H3,70,71,92)(H,72,78,79,80). The molecular formula is C67H104Cl2N14O13. The van der Waals surface area contributed by atoms with E-state index in [9.17, 15) is 48.3 Å². The van der Waals surface area contributed by atoms with E-state index in [0.29, 0.717) is 68.4 Å². The number of nitrogens with two attached hydrogens (primary N) is 1. The molecule has 2 heterocycles. The minimum atomic E-state index is -1.10. The quantitative estimate of drug-likeness (QED) is 0.0266. The Morgan fingerprint density at radius 3 is 1.95 bits per heavy atom. The van der Waals surface area contributed by atoms with E-state index in [0.717, 1.165) is 0 Å². The van der Waals surface area contributed by atoms with Crippen LogP contribution in [0.1, 0.15) is 151 Å². The number of anilines is 2. The van der Waals surface area contributed by atoms with Crippen molar-refractivity contribution >= 4 is 88.3 Å². The third-order valence-corrected chi connectivity index (χ3v) is 17.8. The molecule has 0 saturated carbocycles. The molecule has 96 heavy (non-hydrogen) atoms. The normalized spacial score (nSPS) is 16.5. The van der Waals surface area contributed by atoms with Gasteiger partial charge in [-0.15, -0.1) is 0 Å². The third kappa shape index (κ3) is 24.9. The highest BCUT2D eigenvalue weighted by Gasteiger charge is 2.44. The van der Waals surface area contributed by atoms with Crippen molar-refractivity contribution in [2.45, 2.75) is 201 Å². The van der Waals surface area contributed by atoms with Crippen molar-refractivity contribution in [1.29, 1.82) is 0 Å². The first-order valence-corrected chi connectivity index (χ1v) is 33.9. The van der Waals surface area contributed by atoms with E-state index in [1.807, 2.05) is 32.0 Å². The van der Waals surface area contributed by atoms with Crippen LogP contribution < -0.4 is 43.0 Å². The van der Waals surface area contributed by atoms with Crippen LogP contribution in [0.5, 0.6) is 0 Å². The predicted octanol–water partition coefficient (Wildman–Crippen LogP) is 6.76. The summed E-state index contributed by atoms with van der Waals surface area (Å²) in [5, 5.41) is 30.6. The minimum absolute atomic E-state index is 0.0421. The van der Waals surface area contributed by atoms with Crippen LogP contribution >= 0.6 is 23.2 Å². The smallest absolute Gasteiger partial charge is 0.410 e. The number of likely N-dealkylation sites (tertiary alicyclic amines) is 1. The zero-order valence-electron chi connectivity index (χ0n) is 58.1. The van der Waals surface area contributed by atoms with Gasteiger partial charge in [-0.2, -0.15) is 15.0 Å². The zero-order chi connectivity index (χ0) is 71.5. The van der Waals surface area contributed by atoms with Crippen LogP contribution in [-0.2, 0) is 54.4 Å². The molecule has 12 unspecified atom stereocenters. The highest BCUT2D eigenvalue weighted by Crippen LogP contribution is 2.31. The van der Waals surface area contributed by atoms with Crippen LogP contribution in [0.15, 0.2) is 54.6 Å². The Morgan fingerprint density at radius 1 is 0.719 bits per heavy atom. The summed E-state index contributed by atoms with van der Waals surface area (Å²) in [4.78, 5) is 139. The van der Waals surface area contributed by atoms with E-state index in [2.05, 4.69) is 52.2 Å². The lowest BCUT2D eigenvalue weighted by molar-refractivity contribution is -0.148. The SMILES string of the molecule is CCC(C)C(C(CC(=O)N1CCCC1C(OC)C(C)C(=O)NC(C)C(O)c1ccccc1)OC)N(C)C(=O)C(NC(=O)C(C(C)C)N(C)C(=O)OCc1ccc(NC(=O)C(CCCNC(N)=O)NC(=O)C(NC(=O)CCCCCNc2nc(Cl)nc(Cl)n2)C(C)C)cc1)C(C)C. The van der Waals surface area contributed by atoms with E-state index < -0.39 is 114 Å². The lowest BCUT2D eigenvalue weighted by Gasteiger charge is -2.41. The second-order valence-electron chi connectivity index (χ2n) is 25.7. The molecular weight excluding hydrogens is 1280 g/mol. The molecule has 29 heteroatoms. The maximum Gasteiger partial charge on any atom is 0.410 e. The van der Waals surface area contributed by atoms with Crippen molar-refractivity contribution in [3.63, 3.8) is 0 Å². The number of methoxy groups -OCH3 is 2. The molecule has 1 aromatic heterocycles. The fourth-order valence-electron chi connectivity index (χ4n) is 11.9. The number of ether oxygens (including phenoxy) is 3.